The van der Waals surface area contributed by atoms with Crippen molar-refractivity contribution in [3.8, 4) is 0 Å². The van der Waals surface area contributed by atoms with Gasteiger partial charge in [-0.25, -0.2) is 4.79 Å². The Morgan fingerprint density at radius 2 is 1.96 bits per heavy atom. The third-order valence-corrected chi connectivity index (χ3v) is 3.94. The second kappa shape index (κ2) is 7.68. The summed E-state index contributed by atoms with van der Waals surface area (Å²) < 4.78 is 5.33. The van der Waals surface area contributed by atoms with Crippen LogP contribution in [0.3, 0.4) is 0 Å². The third kappa shape index (κ3) is 5.75. The van der Waals surface area contributed by atoms with Crippen LogP contribution in [0.25, 0.3) is 0 Å². The van der Waals surface area contributed by atoms with Crippen molar-refractivity contribution in [2.75, 3.05) is 5.32 Å². The van der Waals surface area contributed by atoms with Gasteiger partial charge in [-0.1, -0.05) is 18.2 Å². The number of alkyl carbamates (subject to hydrolysis) is 1. The Morgan fingerprint density at radius 3 is 2.65 bits per heavy atom. The van der Waals surface area contributed by atoms with E-state index >= 15 is 0 Å². The Labute approximate surface area is 138 Å². The van der Waals surface area contributed by atoms with Gasteiger partial charge in [-0.3, -0.25) is 0 Å². The van der Waals surface area contributed by atoms with E-state index in [1.54, 1.807) is 0 Å². The fraction of sp³-hybridized carbons (Fsp3) is 0.611. The van der Waals surface area contributed by atoms with Crippen LogP contribution < -0.4 is 10.6 Å². The van der Waals surface area contributed by atoms with Crippen LogP contribution >= 0.6 is 0 Å². The number of benzene rings is 1. The van der Waals surface area contributed by atoms with E-state index in [4.69, 9.17) is 4.74 Å². The number of anilines is 1. The molecule has 0 saturated heterocycles. The lowest BCUT2D eigenvalue weighted by Gasteiger charge is -2.32. The molecule has 0 bridgehead atoms. The van der Waals surface area contributed by atoms with E-state index < -0.39 is 5.60 Å². The van der Waals surface area contributed by atoms with Gasteiger partial charge in [-0.15, -0.1) is 0 Å². The molecule has 3 N–H and O–H groups in total. The Bertz CT molecular complexity index is 525. The van der Waals surface area contributed by atoms with E-state index in [0.29, 0.717) is 0 Å². The molecule has 0 radical (unpaired) electrons. The topological polar surface area (TPSA) is 70.6 Å². The molecule has 2 rings (SSSR count). The summed E-state index contributed by atoms with van der Waals surface area (Å²) in [6.45, 7) is 5.62. The first kappa shape index (κ1) is 17.6. The summed E-state index contributed by atoms with van der Waals surface area (Å²) in [5, 5.41) is 15.9. The van der Waals surface area contributed by atoms with Crippen LogP contribution in [0.2, 0.25) is 0 Å². The first-order chi connectivity index (χ1) is 10.9. The summed E-state index contributed by atoms with van der Waals surface area (Å²) in [5.74, 6) is 0. The average molecular weight is 320 g/mol. The number of hydrogen-bond donors (Lipinski definition) is 3. The van der Waals surface area contributed by atoms with Crippen LogP contribution in [0.5, 0.6) is 0 Å². The predicted octanol–water partition coefficient (Wildman–Crippen LogP) is 3.43. The van der Waals surface area contributed by atoms with Crippen molar-refractivity contribution >= 4 is 11.8 Å². The molecule has 1 aromatic carbocycles. The highest BCUT2D eigenvalue weighted by molar-refractivity contribution is 5.68. The fourth-order valence-corrected chi connectivity index (χ4v) is 2.95. The highest BCUT2D eigenvalue weighted by Crippen LogP contribution is 2.24. The summed E-state index contributed by atoms with van der Waals surface area (Å²) >= 11 is 0. The van der Waals surface area contributed by atoms with E-state index in [1.807, 2.05) is 45.0 Å². The second-order valence-corrected chi connectivity index (χ2v) is 7.17. The molecule has 5 heteroatoms. The van der Waals surface area contributed by atoms with E-state index in [1.165, 1.54) is 0 Å². The van der Waals surface area contributed by atoms with Crippen LogP contribution in [0.1, 0.15) is 52.0 Å². The quantitative estimate of drug-likeness (QED) is 0.795. The number of aliphatic hydroxyl groups is 1. The molecule has 2 atom stereocenters. The van der Waals surface area contributed by atoms with Gasteiger partial charge in [0.15, 0.2) is 0 Å². The number of aliphatic hydroxyl groups excluding tert-OH is 1. The minimum absolute atomic E-state index is 0.0233. The van der Waals surface area contributed by atoms with Gasteiger partial charge in [-0.05, 0) is 52.5 Å². The molecule has 1 saturated carbocycles. The maximum atomic E-state index is 11.9. The van der Waals surface area contributed by atoms with Crippen molar-refractivity contribution < 1.29 is 14.6 Å². The maximum absolute atomic E-state index is 11.9. The van der Waals surface area contributed by atoms with Crippen molar-refractivity contribution in [1.29, 1.82) is 0 Å². The Balaban J connectivity index is 1.89. The molecule has 1 amide bonds. The van der Waals surface area contributed by atoms with Gasteiger partial charge in [0, 0.05) is 23.3 Å². The van der Waals surface area contributed by atoms with Crippen LogP contribution in [0.4, 0.5) is 10.5 Å². The maximum Gasteiger partial charge on any atom is 0.407 e. The molecule has 1 fully saturated rings. The number of carbonyl (C=O) groups excluding carboxylic acids is 1. The van der Waals surface area contributed by atoms with E-state index in [-0.39, 0.29) is 24.8 Å². The van der Waals surface area contributed by atoms with Crippen molar-refractivity contribution in [3.05, 3.63) is 29.8 Å². The number of rotatable bonds is 4. The Hall–Kier alpha value is -1.75. The average Bonchev–Trinajstić information content (AvgIpc) is 2.46. The molecular formula is C18H28N2O3. The van der Waals surface area contributed by atoms with Crippen LogP contribution in [0, 0.1) is 0 Å². The SMILES string of the molecule is CC(C)(C)OC(=O)NC1CCCC(Nc2ccccc2CO)C1. The smallest absolute Gasteiger partial charge is 0.407 e. The summed E-state index contributed by atoms with van der Waals surface area (Å²) in [6.07, 6.45) is 3.60. The molecule has 23 heavy (non-hydrogen) atoms. The van der Waals surface area contributed by atoms with Gasteiger partial charge < -0.3 is 20.5 Å². The highest BCUT2D eigenvalue weighted by Gasteiger charge is 2.25. The normalized spacial score (nSPS) is 21.6. The van der Waals surface area contributed by atoms with E-state index in [9.17, 15) is 9.90 Å². The summed E-state index contributed by atoms with van der Waals surface area (Å²) in [7, 11) is 0. The standard InChI is InChI=1S/C18H28N2O3/c1-18(2,3)23-17(22)20-15-9-6-8-14(11-15)19-16-10-5-4-7-13(16)12-21/h4-5,7,10,14-15,19,21H,6,8-9,11-12H2,1-3H3,(H,20,22). The largest absolute Gasteiger partial charge is 0.444 e. The number of amides is 1. The van der Waals surface area contributed by atoms with Crippen molar-refractivity contribution in [2.45, 2.75) is 70.7 Å². The number of carbonyl (C=O) groups is 1. The van der Waals surface area contributed by atoms with E-state index in [0.717, 1.165) is 36.9 Å². The van der Waals surface area contributed by atoms with Crippen LogP contribution in [0.15, 0.2) is 24.3 Å². The first-order valence-corrected chi connectivity index (χ1v) is 8.32. The Kier molecular flexibility index (Phi) is 5.88. The zero-order valence-electron chi connectivity index (χ0n) is 14.3. The molecule has 0 heterocycles. The monoisotopic (exact) mass is 320 g/mol. The number of ether oxygens (including phenoxy) is 1. The van der Waals surface area contributed by atoms with Gasteiger partial charge in [0.25, 0.3) is 0 Å². The highest BCUT2D eigenvalue weighted by atomic mass is 16.6. The van der Waals surface area contributed by atoms with Crippen LogP contribution in [-0.2, 0) is 11.3 Å². The molecule has 1 aromatic rings. The van der Waals surface area contributed by atoms with Gasteiger partial charge >= 0.3 is 6.09 Å². The summed E-state index contributed by atoms with van der Waals surface area (Å²) in [5.41, 5.74) is 1.39. The molecule has 0 aliphatic heterocycles. The van der Waals surface area contributed by atoms with Gasteiger partial charge in [0.2, 0.25) is 0 Å². The zero-order chi connectivity index (χ0) is 16.9. The fourth-order valence-electron chi connectivity index (χ4n) is 2.95. The lowest BCUT2D eigenvalue weighted by molar-refractivity contribution is 0.0492. The van der Waals surface area contributed by atoms with Gasteiger partial charge in [0.05, 0.1) is 6.61 Å². The molecule has 128 valence electrons. The van der Waals surface area contributed by atoms with Crippen molar-refractivity contribution in [1.82, 2.24) is 5.32 Å². The van der Waals surface area contributed by atoms with Gasteiger partial charge in [0.1, 0.15) is 5.60 Å². The molecule has 1 aliphatic carbocycles. The first-order valence-electron chi connectivity index (χ1n) is 8.32. The lowest BCUT2D eigenvalue weighted by Crippen LogP contribution is -2.43. The molecule has 1 aliphatic rings. The number of nitrogens with one attached hydrogen (secondary N) is 2. The van der Waals surface area contributed by atoms with Crippen molar-refractivity contribution in [3.63, 3.8) is 0 Å². The summed E-state index contributed by atoms with van der Waals surface area (Å²) in [4.78, 5) is 11.9. The third-order valence-electron chi connectivity index (χ3n) is 3.94. The number of hydrogen-bond acceptors (Lipinski definition) is 4. The van der Waals surface area contributed by atoms with Crippen molar-refractivity contribution in [2.24, 2.45) is 0 Å². The Morgan fingerprint density at radius 1 is 1.26 bits per heavy atom. The minimum atomic E-state index is -0.476. The predicted molar refractivity (Wildman–Crippen MR) is 91.4 cm³/mol. The van der Waals surface area contributed by atoms with Gasteiger partial charge in [-0.2, -0.15) is 0 Å². The van der Waals surface area contributed by atoms with Crippen LogP contribution in [-0.4, -0.2) is 28.9 Å². The molecule has 0 aromatic heterocycles. The van der Waals surface area contributed by atoms with E-state index in [2.05, 4.69) is 10.6 Å². The number of para-hydroxylation sites is 1. The minimum Gasteiger partial charge on any atom is -0.444 e. The lowest BCUT2D eigenvalue weighted by atomic mass is 9.90. The molecule has 2 unspecified atom stereocenters. The summed E-state index contributed by atoms with van der Waals surface area (Å²) in [6, 6.07) is 8.19. The molecule has 5 nitrogen and oxygen atoms in total. The second-order valence-electron chi connectivity index (χ2n) is 7.17. The molecule has 0 spiro atoms. The molecular weight excluding hydrogens is 292 g/mol. The zero-order valence-corrected chi connectivity index (χ0v) is 14.3.